The van der Waals surface area contributed by atoms with E-state index in [1.165, 1.54) is 15.9 Å². The van der Waals surface area contributed by atoms with Gasteiger partial charge in [0.1, 0.15) is 0 Å². The molecule has 2 heterocycles. The van der Waals surface area contributed by atoms with E-state index in [2.05, 4.69) is 4.99 Å². The van der Waals surface area contributed by atoms with Gasteiger partial charge in [0, 0.05) is 0 Å². The zero-order valence-corrected chi connectivity index (χ0v) is 22.3. The average molecular weight is 537 g/mol. The molecule has 0 bridgehead atoms. The van der Waals surface area contributed by atoms with Crippen LogP contribution >= 0.6 is 11.3 Å². The summed E-state index contributed by atoms with van der Waals surface area (Å²) >= 11 is 1.22. The number of hydrogen-bond acceptors (Lipinski definition) is 8. The molecule has 9 nitrogen and oxygen atoms in total. The molecular weight excluding hydrogens is 508 g/mol. The van der Waals surface area contributed by atoms with Gasteiger partial charge in [0.05, 0.1) is 35.1 Å². The second-order valence-electron chi connectivity index (χ2n) is 8.53. The summed E-state index contributed by atoms with van der Waals surface area (Å²) in [4.78, 5) is 42.7. The Morgan fingerprint density at radius 3 is 2.45 bits per heavy atom. The van der Waals surface area contributed by atoms with Crippen molar-refractivity contribution in [2.45, 2.75) is 33.7 Å². The lowest BCUT2D eigenvalue weighted by Gasteiger charge is -2.24. The van der Waals surface area contributed by atoms with Crippen LogP contribution in [0.25, 0.3) is 6.08 Å². The van der Waals surface area contributed by atoms with Gasteiger partial charge in [-0.05, 0) is 57.0 Å². The number of carbonyl (C=O) groups excluding carboxylic acids is 1. The molecule has 10 heteroatoms. The van der Waals surface area contributed by atoms with Crippen LogP contribution in [0.5, 0.6) is 11.5 Å². The Morgan fingerprint density at radius 1 is 1.05 bits per heavy atom. The normalized spacial score (nSPS) is 15.1. The number of thiazole rings is 1. The maximum Gasteiger partial charge on any atom is 0.341 e. The summed E-state index contributed by atoms with van der Waals surface area (Å²) in [6, 6.07) is 12.0. The lowest BCUT2D eigenvalue weighted by molar-refractivity contribution is -0.140. The van der Waals surface area contributed by atoms with E-state index in [4.69, 9.17) is 19.3 Å². The Morgan fingerprint density at radius 2 is 1.79 bits per heavy atom. The quantitative estimate of drug-likeness (QED) is 0.418. The first-order chi connectivity index (χ1) is 18.2. The SMILES string of the molecule is CCOC(=O)C1=C(C)N=c2s/c(=C/c3ccc(OCC(=O)O)c(OCC)c3)c(=O)n2[C@H]1c1ccc(C)cc1. The Balaban J connectivity index is 1.85. The Bertz CT molecular complexity index is 1580. The number of fused-ring (bicyclic) bond motifs is 1. The molecule has 1 aliphatic heterocycles. The monoisotopic (exact) mass is 536 g/mol. The van der Waals surface area contributed by atoms with Gasteiger partial charge < -0.3 is 19.3 Å². The second kappa shape index (κ2) is 11.5. The Hall–Kier alpha value is -4.18. The van der Waals surface area contributed by atoms with Crippen LogP contribution in [0.1, 0.15) is 43.5 Å². The number of aliphatic carboxylic acids is 1. The molecule has 2 aromatic carbocycles. The van der Waals surface area contributed by atoms with Crippen LogP contribution in [-0.4, -0.2) is 41.4 Å². The summed E-state index contributed by atoms with van der Waals surface area (Å²) in [7, 11) is 0. The number of hydrogen-bond donors (Lipinski definition) is 1. The summed E-state index contributed by atoms with van der Waals surface area (Å²) < 4.78 is 18.2. The average Bonchev–Trinajstić information content (AvgIpc) is 3.17. The van der Waals surface area contributed by atoms with Crippen molar-refractivity contribution in [1.29, 1.82) is 0 Å². The van der Waals surface area contributed by atoms with Crippen molar-refractivity contribution in [2.24, 2.45) is 4.99 Å². The molecule has 38 heavy (non-hydrogen) atoms. The van der Waals surface area contributed by atoms with Crippen LogP contribution in [0.15, 0.2) is 63.5 Å². The standard InChI is InChI=1S/C28H28N2O7S/c1-5-35-21-13-18(9-12-20(21)37-15-23(31)32)14-22-26(33)30-25(19-10-7-16(3)8-11-19)24(27(34)36-6-2)17(4)29-28(30)38-22/h7-14,25H,5-6,15H2,1-4H3,(H,31,32)/b22-14+/t25-/m0/s1. The van der Waals surface area contributed by atoms with E-state index in [9.17, 15) is 14.4 Å². The van der Waals surface area contributed by atoms with Crippen LogP contribution in [0.2, 0.25) is 0 Å². The molecule has 0 spiro atoms. The minimum Gasteiger partial charge on any atom is -0.490 e. The van der Waals surface area contributed by atoms with Crippen LogP contribution in [0.4, 0.5) is 0 Å². The number of rotatable bonds is 9. The van der Waals surface area contributed by atoms with Crippen molar-refractivity contribution < 1.29 is 28.9 Å². The third-order valence-electron chi connectivity index (χ3n) is 5.83. The number of aryl methyl sites for hydroxylation is 1. The van der Waals surface area contributed by atoms with Crippen molar-refractivity contribution in [3.05, 3.63) is 90.1 Å². The molecule has 198 valence electrons. The molecule has 1 aliphatic rings. The van der Waals surface area contributed by atoms with Crippen LogP contribution < -0.4 is 24.4 Å². The third kappa shape index (κ3) is 5.55. The minimum absolute atomic E-state index is 0.203. The predicted molar refractivity (Wildman–Crippen MR) is 142 cm³/mol. The number of ether oxygens (including phenoxy) is 3. The van der Waals surface area contributed by atoms with Gasteiger partial charge in [0.2, 0.25) is 0 Å². The van der Waals surface area contributed by atoms with Gasteiger partial charge in [-0.15, -0.1) is 0 Å². The number of benzene rings is 2. The zero-order valence-electron chi connectivity index (χ0n) is 21.5. The minimum atomic E-state index is -1.10. The van der Waals surface area contributed by atoms with Crippen molar-refractivity contribution in [3.63, 3.8) is 0 Å². The predicted octanol–water partition coefficient (Wildman–Crippen LogP) is 2.97. The van der Waals surface area contributed by atoms with Gasteiger partial charge in [-0.2, -0.15) is 0 Å². The lowest BCUT2D eigenvalue weighted by Crippen LogP contribution is -2.39. The number of aromatic nitrogens is 1. The van der Waals surface area contributed by atoms with Crippen LogP contribution in [-0.2, 0) is 14.3 Å². The topological polar surface area (TPSA) is 116 Å². The van der Waals surface area contributed by atoms with E-state index in [1.54, 1.807) is 45.0 Å². The Labute approximate surface area is 222 Å². The molecule has 0 radical (unpaired) electrons. The summed E-state index contributed by atoms with van der Waals surface area (Å²) in [5.74, 6) is -0.944. The van der Waals surface area contributed by atoms with Crippen LogP contribution in [0.3, 0.4) is 0 Å². The van der Waals surface area contributed by atoms with E-state index < -0.39 is 24.6 Å². The Kier molecular flexibility index (Phi) is 8.11. The summed E-state index contributed by atoms with van der Waals surface area (Å²) in [6.07, 6.45) is 1.71. The maximum absolute atomic E-state index is 13.7. The highest BCUT2D eigenvalue weighted by Crippen LogP contribution is 2.31. The molecule has 1 aromatic heterocycles. The van der Waals surface area contributed by atoms with E-state index in [0.29, 0.717) is 44.3 Å². The molecule has 0 saturated carbocycles. The molecule has 0 amide bonds. The van der Waals surface area contributed by atoms with E-state index >= 15 is 0 Å². The molecule has 1 N–H and O–H groups in total. The van der Waals surface area contributed by atoms with Gasteiger partial charge >= 0.3 is 11.9 Å². The highest BCUT2D eigenvalue weighted by atomic mass is 32.1. The molecule has 1 atom stereocenters. The fraction of sp³-hybridized carbons (Fsp3) is 0.286. The van der Waals surface area contributed by atoms with Crippen molar-refractivity contribution in [1.82, 2.24) is 4.57 Å². The lowest BCUT2D eigenvalue weighted by atomic mass is 9.95. The highest BCUT2D eigenvalue weighted by molar-refractivity contribution is 7.07. The molecule has 4 rings (SSSR count). The first-order valence-corrected chi connectivity index (χ1v) is 12.9. The van der Waals surface area contributed by atoms with Crippen molar-refractivity contribution >= 4 is 29.4 Å². The highest BCUT2D eigenvalue weighted by Gasteiger charge is 2.33. The molecule has 0 fully saturated rings. The number of nitrogens with zero attached hydrogens (tertiary/aromatic N) is 2. The number of carboxylic acids is 1. The van der Waals surface area contributed by atoms with Crippen molar-refractivity contribution in [3.8, 4) is 11.5 Å². The van der Waals surface area contributed by atoms with E-state index in [-0.39, 0.29) is 12.2 Å². The maximum atomic E-state index is 13.7. The fourth-order valence-electron chi connectivity index (χ4n) is 4.15. The van der Waals surface area contributed by atoms with Gasteiger partial charge in [-0.3, -0.25) is 9.36 Å². The van der Waals surface area contributed by atoms with Gasteiger partial charge in [-0.25, -0.2) is 14.6 Å². The van der Waals surface area contributed by atoms with Crippen LogP contribution in [0, 0.1) is 6.92 Å². The van der Waals surface area contributed by atoms with Gasteiger partial charge in [-0.1, -0.05) is 47.2 Å². The summed E-state index contributed by atoms with van der Waals surface area (Å²) in [6.45, 7) is 7.31. The first-order valence-electron chi connectivity index (χ1n) is 12.1. The first kappa shape index (κ1) is 26.9. The number of esters is 1. The largest absolute Gasteiger partial charge is 0.490 e. The smallest absolute Gasteiger partial charge is 0.341 e. The summed E-state index contributed by atoms with van der Waals surface area (Å²) in [5, 5.41) is 8.93. The van der Waals surface area contributed by atoms with E-state index in [1.807, 2.05) is 31.2 Å². The molecule has 3 aromatic rings. The molecule has 0 saturated heterocycles. The molecular formula is C28H28N2O7S. The second-order valence-corrected chi connectivity index (χ2v) is 9.54. The summed E-state index contributed by atoms with van der Waals surface area (Å²) in [5.41, 5.74) is 3.03. The number of allylic oxidation sites excluding steroid dienone is 1. The fourth-order valence-corrected chi connectivity index (χ4v) is 5.20. The zero-order chi connectivity index (χ0) is 27.4. The molecule has 0 aliphatic carbocycles. The number of carbonyl (C=O) groups is 2. The van der Waals surface area contributed by atoms with Crippen molar-refractivity contribution in [2.75, 3.05) is 19.8 Å². The number of carboxylic acid groups (broad SMARTS) is 1. The van der Waals surface area contributed by atoms with Gasteiger partial charge in [0.25, 0.3) is 5.56 Å². The van der Waals surface area contributed by atoms with Gasteiger partial charge in [0.15, 0.2) is 22.9 Å². The van der Waals surface area contributed by atoms with E-state index in [0.717, 1.165) is 11.1 Å². The third-order valence-corrected chi connectivity index (χ3v) is 6.81. The molecule has 0 unspecified atom stereocenters.